The highest BCUT2D eigenvalue weighted by Gasteiger charge is 2.30. The van der Waals surface area contributed by atoms with E-state index in [0.29, 0.717) is 18.7 Å². The molecule has 0 atom stereocenters. The van der Waals surface area contributed by atoms with E-state index in [4.69, 9.17) is 4.74 Å². The number of para-hydroxylation sites is 1. The first kappa shape index (κ1) is 24.5. The Morgan fingerprint density at radius 3 is 2.21 bits per heavy atom. The van der Waals surface area contributed by atoms with E-state index in [2.05, 4.69) is 6.92 Å². The summed E-state index contributed by atoms with van der Waals surface area (Å²) in [5, 5.41) is 0. The molecule has 0 unspecified atom stereocenters. The fourth-order valence-electron chi connectivity index (χ4n) is 3.52. The summed E-state index contributed by atoms with van der Waals surface area (Å²) in [4.78, 5) is 13.3. The predicted molar refractivity (Wildman–Crippen MR) is 132 cm³/mol. The molecular formula is C27H31NO4S. The molecule has 0 aliphatic heterocycles. The minimum absolute atomic E-state index is 0.0511. The standard InChI is InChI=1S/C27H31NO4S/c1-3-4-12-23-17-19-24(20-18-23)28(33(30,31)25-13-6-5-7-14-25)27(29)16-10-21-32-26-15-9-8-11-22(26)2/h5-9,11,13-15,17-20H,3-4,10,12,16,21H2,1-2H3. The lowest BCUT2D eigenvalue weighted by Gasteiger charge is -2.23. The molecule has 3 rings (SSSR count). The number of hydrogen-bond donors (Lipinski definition) is 0. The highest BCUT2D eigenvalue weighted by atomic mass is 32.2. The van der Waals surface area contributed by atoms with Crippen molar-refractivity contribution in [2.45, 2.75) is 50.8 Å². The largest absolute Gasteiger partial charge is 0.493 e. The number of sulfonamides is 1. The lowest BCUT2D eigenvalue weighted by Crippen LogP contribution is -2.37. The molecule has 0 N–H and O–H groups in total. The third-order valence-electron chi connectivity index (χ3n) is 5.38. The maximum atomic E-state index is 13.4. The lowest BCUT2D eigenvalue weighted by atomic mass is 10.1. The fourth-order valence-corrected chi connectivity index (χ4v) is 4.99. The lowest BCUT2D eigenvalue weighted by molar-refractivity contribution is -0.117. The Balaban J connectivity index is 1.78. The van der Waals surface area contributed by atoms with Crippen molar-refractivity contribution in [1.29, 1.82) is 0 Å². The zero-order chi connectivity index (χ0) is 23.7. The van der Waals surface area contributed by atoms with Crippen molar-refractivity contribution in [3.05, 3.63) is 90.0 Å². The van der Waals surface area contributed by atoms with E-state index >= 15 is 0 Å². The van der Waals surface area contributed by atoms with Crippen molar-refractivity contribution in [3.63, 3.8) is 0 Å². The summed E-state index contributed by atoms with van der Waals surface area (Å²) >= 11 is 0. The molecule has 0 heterocycles. The second kappa shape index (κ2) is 11.7. The van der Waals surface area contributed by atoms with Gasteiger partial charge in [0.15, 0.2) is 0 Å². The normalized spacial score (nSPS) is 11.2. The van der Waals surface area contributed by atoms with Gasteiger partial charge in [0.05, 0.1) is 17.2 Å². The number of benzene rings is 3. The first-order chi connectivity index (χ1) is 15.9. The highest BCUT2D eigenvalue weighted by Crippen LogP contribution is 2.26. The van der Waals surface area contributed by atoms with E-state index in [1.807, 2.05) is 43.3 Å². The van der Waals surface area contributed by atoms with Gasteiger partial charge in [-0.15, -0.1) is 0 Å². The number of rotatable bonds is 11. The van der Waals surface area contributed by atoms with Crippen LogP contribution in [0, 0.1) is 6.92 Å². The van der Waals surface area contributed by atoms with Crippen molar-refractivity contribution in [1.82, 2.24) is 0 Å². The van der Waals surface area contributed by atoms with Crippen LogP contribution in [0.2, 0.25) is 0 Å². The molecule has 0 spiro atoms. The van der Waals surface area contributed by atoms with E-state index in [1.54, 1.807) is 30.3 Å². The van der Waals surface area contributed by atoms with Crippen molar-refractivity contribution in [2.75, 3.05) is 10.9 Å². The van der Waals surface area contributed by atoms with Crippen LogP contribution in [0.3, 0.4) is 0 Å². The first-order valence-corrected chi connectivity index (χ1v) is 12.8. The quantitative estimate of drug-likeness (QED) is 0.330. The fraction of sp³-hybridized carbons (Fsp3) is 0.296. The smallest absolute Gasteiger partial charge is 0.270 e. The molecule has 0 aliphatic carbocycles. The second-order valence-electron chi connectivity index (χ2n) is 7.96. The van der Waals surface area contributed by atoms with E-state index < -0.39 is 15.9 Å². The maximum Gasteiger partial charge on any atom is 0.270 e. The number of unbranched alkanes of at least 4 members (excludes halogenated alkanes) is 1. The van der Waals surface area contributed by atoms with Crippen molar-refractivity contribution < 1.29 is 17.9 Å². The molecule has 0 aliphatic rings. The Kier molecular flexibility index (Phi) is 8.66. The molecule has 0 radical (unpaired) electrons. The highest BCUT2D eigenvalue weighted by molar-refractivity contribution is 7.93. The summed E-state index contributed by atoms with van der Waals surface area (Å²) < 4.78 is 33.5. The SMILES string of the molecule is CCCCc1ccc(N(C(=O)CCCOc2ccccc2C)S(=O)(=O)c2ccccc2)cc1. The van der Waals surface area contributed by atoms with E-state index in [1.165, 1.54) is 12.1 Å². The third kappa shape index (κ3) is 6.45. The van der Waals surface area contributed by atoms with Gasteiger partial charge in [-0.2, -0.15) is 0 Å². The van der Waals surface area contributed by atoms with Crippen LogP contribution in [0.5, 0.6) is 5.75 Å². The molecule has 0 aromatic heterocycles. The molecule has 0 saturated carbocycles. The molecule has 3 aromatic carbocycles. The molecule has 0 bridgehead atoms. The van der Waals surface area contributed by atoms with Gasteiger partial charge < -0.3 is 4.74 Å². The number of anilines is 1. The first-order valence-electron chi connectivity index (χ1n) is 11.3. The van der Waals surface area contributed by atoms with Crippen LogP contribution in [-0.4, -0.2) is 20.9 Å². The van der Waals surface area contributed by atoms with Crippen LogP contribution in [0.25, 0.3) is 0 Å². The van der Waals surface area contributed by atoms with Gasteiger partial charge in [-0.1, -0.05) is 61.9 Å². The van der Waals surface area contributed by atoms with Gasteiger partial charge in [0.25, 0.3) is 10.0 Å². The van der Waals surface area contributed by atoms with Gasteiger partial charge >= 0.3 is 0 Å². The van der Waals surface area contributed by atoms with Crippen LogP contribution in [-0.2, 0) is 21.2 Å². The topological polar surface area (TPSA) is 63.7 Å². The minimum Gasteiger partial charge on any atom is -0.493 e. The van der Waals surface area contributed by atoms with Crippen LogP contribution >= 0.6 is 0 Å². The van der Waals surface area contributed by atoms with Gasteiger partial charge in [-0.05, 0) is 67.6 Å². The molecule has 0 saturated heterocycles. The van der Waals surface area contributed by atoms with Crippen LogP contribution < -0.4 is 9.04 Å². The molecule has 174 valence electrons. The number of ether oxygens (including phenoxy) is 1. The predicted octanol–water partition coefficient (Wildman–Crippen LogP) is 5.92. The Bertz CT molecular complexity index is 1140. The third-order valence-corrected chi connectivity index (χ3v) is 7.15. The Morgan fingerprint density at radius 1 is 0.879 bits per heavy atom. The number of hydrogen-bond acceptors (Lipinski definition) is 4. The molecule has 6 heteroatoms. The summed E-state index contributed by atoms with van der Waals surface area (Å²) in [5.41, 5.74) is 2.49. The van der Waals surface area contributed by atoms with Crippen LogP contribution in [0.1, 0.15) is 43.7 Å². The molecule has 3 aromatic rings. The Hall–Kier alpha value is -3.12. The van der Waals surface area contributed by atoms with Gasteiger partial charge in [0, 0.05) is 6.42 Å². The summed E-state index contributed by atoms with van der Waals surface area (Å²) in [6.07, 6.45) is 3.52. The number of carbonyl (C=O) groups is 1. The summed E-state index contributed by atoms with van der Waals surface area (Å²) in [7, 11) is -4.04. The van der Waals surface area contributed by atoms with Gasteiger partial charge in [-0.3, -0.25) is 4.79 Å². The Labute approximate surface area is 197 Å². The molecule has 5 nitrogen and oxygen atoms in total. The number of amides is 1. The minimum atomic E-state index is -4.04. The van der Waals surface area contributed by atoms with Gasteiger partial charge in [0.1, 0.15) is 5.75 Å². The van der Waals surface area contributed by atoms with E-state index in [9.17, 15) is 13.2 Å². The number of aryl methyl sites for hydroxylation is 2. The van der Waals surface area contributed by atoms with Crippen LogP contribution in [0.4, 0.5) is 5.69 Å². The number of carbonyl (C=O) groups excluding carboxylic acids is 1. The van der Waals surface area contributed by atoms with Crippen molar-refractivity contribution in [3.8, 4) is 5.75 Å². The molecule has 0 fully saturated rings. The van der Waals surface area contributed by atoms with Gasteiger partial charge in [-0.25, -0.2) is 12.7 Å². The van der Waals surface area contributed by atoms with Crippen molar-refractivity contribution >= 4 is 21.6 Å². The monoisotopic (exact) mass is 465 g/mol. The van der Waals surface area contributed by atoms with Gasteiger partial charge in [0.2, 0.25) is 5.91 Å². The van der Waals surface area contributed by atoms with Crippen molar-refractivity contribution in [2.24, 2.45) is 0 Å². The second-order valence-corrected chi connectivity index (χ2v) is 9.75. The Morgan fingerprint density at radius 2 is 1.55 bits per heavy atom. The summed E-state index contributed by atoms with van der Waals surface area (Å²) in [6.45, 7) is 4.41. The average Bonchev–Trinajstić information content (AvgIpc) is 2.83. The summed E-state index contributed by atoms with van der Waals surface area (Å²) in [6, 6.07) is 23.0. The van der Waals surface area contributed by atoms with E-state index in [0.717, 1.165) is 40.4 Å². The number of nitrogens with zero attached hydrogens (tertiary/aromatic N) is 1. The summed E-state index contributed by atoms with van der Waals surface area (Å²) in [5.74, 6) is 0.287. The average molecular weight is 466 g/mol. The molecule has 33 heavy (non-hydrogen) atoms. The molecule has 1 amide bonds. The van der Waals surface area contributed by atoms with Crippen LogP contribution in [0.15, 0.2) is 83.8 Å². The van der Waals surface area contributed by atoms with E-state index in [-0.39, 0.29) is 11.3 Å². The maximum absolute atomic E-state index is 13.4. The zero-order valence-electron chi connectivity index (χ0n) is 19.2. The molecular weight excluding hydrogens is 434 g/mol. The zero-order valence-corrected chi connectivity index (χ0v) is 20.1.